The maximum Gasteiger partial charge on any atom is 0.339 e. The van der Waals surface area contributed by atoms with Gasteiger partial charge in [-0.2, -0.15) is 0 Å². The van der Waals surface area contributed by atoms with Gasteiger partial charge in [0.2, 0.25) is 0 Å². The van der Waals surface area contributed by atoms with Crippen LogP contribution in [0.25, 0.3) is 0 Å². The third-order valence-corrected chi connectivity index (χ3v) is 3.40. The Morgan fingerprint density at radius 2 is 2.00 bits per heavy atom. The van der Waals surface area contributed by atoms with Crippen molar-refractivity contribution in [2.75, 3.05) is 12.8 Å². The molecule has 1 aromatic heterocycles. The molecule has 0 bridgehead atoms. The molecule has 2 rings (SSSR count). The van der Waals surface area contributed by atoms with E-state index in [4.69, 9.17) is 33.7 Å². The van der Waals surface area contributed by atoms with Crippen LogP contribution in [0.2, 0.25) is 10.0 Å². The molecule has 0 saturated heterocycles. The summed E-state index contributed by atoms with van der Waals surface area (Å²) in [5.41, 5.74) is 7.17. The Hall–Kier alpha value is -1.98. The number of hydrogen-bond acceptors (Lipinski definition) is 5. The molecule has 0 amide bonds. The monoisotopic (exact) mass is 326 g/mol. The van der Waals surface area contributed by atoms with Crippen molar-refractivity contribution in [3.05, 3.63) is 51.8 Å². The number of methoxy groups -OCH3 is 1. The highest BCUT2D eigenvalue weighted by Crippen LogP contribution is 2.32. The molecule has 0 unspecified atom stereocenters. The van der Waals surface area contributed by atoms with E-state index in [0.29, 0.717) is 32.7 Å². The quantitative estimate of drug-likeness (QED) is 0.689. The van der Waals surface area contributed by atoms with Gasteiger partial charge in [0.15, 0.2) is 0 Å². The van der Waals surface area contributed by atoms with Gasteiger partial charge in [-0.1, -0.05) is 23.2 Å². The molecule has 2 aromatic rings. The number of nitrogens with zero attached hydrogens (tertiary/aromatic N) is 1. The number of aromatic nitrogens is 1. The van der Waals surface area contributed by atoms with E-state index in [1.807, 2.05) is 0 Å². The molecule has 7 heteroatoms. The molecule has 110 valence electrons. The molecule has 0 aliphatic heterocycles. The Balaban J connectivity index is 2.06. The van der Waals surface area contributed by atoms with E-state index in [1.165, 1.54) is 19.4 Å². The summed E-state index contributed by atoms with van der Waals surface area (Å²) in [5.74, 6) is -0.0214. The summed E-state index contributed by atoms with van der Waals surface area (Å²) in [7, 11) is 1.31. The minimum Gasteiger partial charge on any atom is -0.485 e. The topological polar surface area (TPSA) is 74.4 Å². The van der Waals surface area contributed by atoms with Gasteiger partial charge in [-0.15, -0.1) is 0 Å². The second-order valence-electron chi connectivity index (χ2n) is 4.12. The van der Waals surface area contributed by atoms with Crippen molar-refractivity contribution in [1.29, 1.82) is 0 Å². The smallest absolute Gasteiger partial charge is 0.339 e. The number of nitrogens with two attached hydrogens (primary N) is 1. The molecule has 1 aromatic carbocycles. The van der Waals surface area contributed by atoms with Crippen LogP contribution in [0.5, 0.6) is 5.75 Å². The molecule has 0 atom stereocenters. The van der Waals surface area contributed by atoms with Gasteiger partial charge in [0.1, 0.15) is 12.4 Å². The maximum atomic E-state index is 11.3. The van der Waals surface area contributed by atoms with E-state index >= 15 is 0 Å². The van der Waals surface area contributed by atoms with Gasteiger partial charge in [0.25, 0.3) is 0 Å². The number of anilines is 1. The maximum absolute atomic E-state index is 11.3. The van der Waals surface area contributed by atoms with Crippen LogP contribution in [0, 0.1) is 0 Å². The average molecular weight is 327 g/mol. The van der Waals surface area contributed by atoms with Crippen LogP contribution in [-0.2, 0) is 11.3 Å². The molecule has 0 saturated carbocycles. The zero-order chi connectivity index (χ0) is 15.4. The van der Waals surface area contributed by atoms with E-state index in [9.17, 15) is 4.79 Å². The van der Waals surface area contributed by atoms with E-state index in [2.05, 4.69) is 9.72 Å². The third-order valence-electron chi connectivity index (χ3n) is 2.67. The number of benzene rings is 1. The molecule has 2 N–H and O–H groups in total. The fraction of sp³-hybridized carbons (Fsp3) is 0.143. The first-order valence-corrected chi connectivity index (χ1v) is 6.67. The summed E-state index contributed by atoms with van der Waals surface area (Å²) in [6.45, 7) is 0.184. The molecule has 21 heavy (non-hydrogen) atoms. The molecule has 1 heterocycles. The van der Waals surface area contributed by atoms with Gasteiger partial charge in [-0.05, 0) is 18.2 Å². The summed E-state index contributed by atoms with van der Waals surface area (Å²) in [5, 5.41) is 0.719. The predicted molar refractivity (Wildman–Crippen MR) is 80.8 cm³/mol. The van der Waals surface area contributed by atoms with Gasteiger partial charge in [-0.25, -0.2) is 4.79 Å². The van der Waals surface area contributed by atoms with Crippen molar-refractivity contribution in [3.63, 3.8) is 0 Å². The molecule has 5 nitrogen and oxygen atoms in total. The number of carbonyl (C=O) groups excluding carboxylic acids is 1. The SMILES string of the molecule is COC(=O)c1ccc(COc2cc(Cl)c(Cl)cc2N)nc1. The molecule has 0 aliphatic rings. The predicted octanol–water partition coefficient (Wildman–Crippen LogP) is 3.34. The lowest BCUT2D eigenvalue weighted by Crippen LogP contribution is -2.04. The normalized spacial score (nSPS) is 10.2. The van der Waals surface area contributed by atoms with Gasteiger partial charge in [-0.3, -0.25) is 4.98 Å². The van der Waals surface area contributed by atoms with Crippen molar-refractivity contribution >= 4 is 34.9 Å². The van der Waals surface area contributed by atoms with E-state index < -0.39 is 5.97 Å². The number of nitrogen functional groups attached to an aromatic ring is 1. The molecule has 0 spiro atoms. The van der Waals surface area contributed by atoms with E-state index in [-0.39, 0.29) is 6.61 Å². The second-order valence-corrected chi connectivity index (χ2v) is 4.94. The van der Waals surface area contributed by atoms with Crippen molar-refractivity contribution in [2.45, 2.75) is 6.61 Å². The van der Waals surface area contributed by atoms with Crippen LogP contribution < -0.4 is 10.5 Å². The number of pyridine rings is 1. The first-order valence-electron chi connectivity index (χ1n) is 5.92. The lowest BCUT2D eigenvalue weighted by molar-refractivity contribution is 0.0600. The largest absolute Gasteiger partial charge is 0.485 e. The van der Waals surface area contributed by atoms with Gasteiger partial charge in [0, 0.05) is 12.3 Å². The summed E-state index contributed by atoms with van der Waals surface area (Å²) < 4.78 is 10.1. The summed E-state index contributed by atoms with van der Waals surface area (Å²) in [6, 6.07) is 6.34. The fourth-order valence-corrected chi connectivity index (χ4v) is 1.89. The zero-order valence-corrected chi connectivity index (χ0v) is 12.6. The van der Waals surface area contributed by atoms with Crippen LogP contribution in [0.15, 0.2) is 30.5 Å². The Bertz CT molecular complexity index is 660. The Labute approximate surface area is 131 Å². The number of hydrogen-bond donors (Lipinski definition) is 1. The van der Waals surface area contributed by atoms with Gasteiger partial charge in [0.05, 0.1) is 34.1 Å². The standard InChI is InChI=1S/C14H12Cl2N2O3/c1-20-14(19)8-2-3-9(18-6-8)7-21-13-5-11(16)10(15)4-12(13)17/h2-6H,7,17H2,1H3. The first kappa shape index (κ1) is 15.4. The lowest BCUT2D eigenvalue weighted by Gasteiger charge is -2.10. The average Bonchev–Trinajstić information content (AvgIpc) is 2.49. The highest BCUT2D eigenvalue weighted by atomic mass is 35.5. The number of esters is 1. The zero-order valence-electron chi connectivity index (χ0n) is 11.1. The van der Waals surface area contributed by atoms with E-state index in [0.717, 1.165) is 0 Å². The molecular weight excluding hydrogens is 315 g/mol. The van der Waals surface area contributed by atoms with Crippen LogP contribution in [0.3, 0.4) is 0 Å². The minimum atomic E-state index is -0.441. The van der Waals surface area contributed by atoms with Crippen molar-refractivity contribution in [1.82, 2.24) is 4.98 Å². The Morgan fingerprint density at radius 1 is 1.29 bits per heavy atom. The summed E-state index contributed by atoms with van der Waals surface area (Å²) >= 11 is 11.7. The van der Waals surface area contributed by atoms with Gasteiger partial charge < -0.3 is 15.2 Å². The number of rotatable bonds is 4. The highest BCUT2D eigenvalue weighted by molar-refractivity contribution is 6.42. The number of halogens is 2. The summed E-state index contributed by atoms with van der Waals surface area (Å²) in [4.78, 5) is 15.4. The molecule has 0 fully saturated rings. The van der Waals surface area contributed by atoms with E-state index in [1.54, 1.807) is 18.2 Å². The van der Waals surface area contributed by atoms with Crippen LogP contribution in [-0.4, -0.2) is 18.1 Å². The first-order chi connectivity index (χ1) is 10.0. The molecular formula is C14H12Cl2N2O3. The lowest BCUT2D eigenvalue weighted by atomic mass is 10.2. The highest BCUT2D eigenvalue weighted by Gasteiger charge is 2.08. The molecule has 0 radical (unpaired) electrons. The van der Waals surface area contributed by atoms with Gasteiger partial charge >= 0.3 is 5.97 Å². The number of carbonyl (C=O) groups is 1. The Morgan fingerprint density at radius 3 is 2.62 bits per heavy atom. The Kier molecular flexibility index (Phi) is 4.88. The van der Waals surface area contributed by atoms with Crippen LogP contribution in [0.1, 0.15) is 16.1 Å². The second kappa shape index (κ2) is 6.65. The van der Waals surface area contributed by atoms with Crippen LogP contribution >= 0.6 is 23.2 Å². The minimum absolute atomic E-state index is 0.184. The fourth-order valence-electron chi connectivity index (χ4n) is 1.57. The molecule has 0 aliphatic carbocycles. The van der Waals surface area contributed by atoms with Crippen molar-refractivity contribution in [2.24, 2.45) is 0 Å². The third kappa shape index (κ3) is 3.77. The van der Waals surface area contributed by atoms with Crippen LogP contribution in [0.4, 0.5) is 5.69 Å². The van der Waals surface area contributed by atoms with Crippen molar-refractivity contribution in [3.8, 4) is 5.75 Å². The number of ether oxygens (including phenoxy) is 2. The summed E-state index contributed by atoms with van der Waals surface area (Å²) in [6.07, 6.45) is 1.42. The van der Waals surface area contributed by atoms with Crippen molar-refractivity contribution < 1.29 is 14.3 Å².